The van der Waals surface area contributed by atoms with Gasteiger partial charge in [0.15, 0.2) is 0 Å². The lowest BCUT2D eigenvalue weighted by Gasteiger charge is -2.17. The first-order valence-electron chi connectivity index (χ1n) is 6.69. The van der Waals surface area contributed by atoms with Crippen LogP contribution in [0.25, 0.3) is 0 Å². The number of hydrogen-bond acceptors (Lipinski definition) is 3. The van der Waals surface area contributed by atoms with E-state index in [9.17, 15) is 18.4 Å². The minimum absolute atomic E-state index is 0.0145. The highest BCUT2D eigenvalue weighted by Gasteiger charge is 2.43. The van der Waals surface area contributed by atoms with Crippen LogP contribution in [-0.2, 0) is 11.3 Å². The largest absolute Gasteiger partial charge is 0.435 e. The topological polar surface area (TPSA) is 49.9 Å². The van der Waals surface area contributed by atoms with Crippen LogP contribution in [0.3, 0.4) is 0 Å². The second kappa shape index (κ2) is 5.31. The number of carbonyl (C=O) groups is 2. The lowest BCUT2D eigenvalue weighted by molar-refractivity contribution is -0.125. The highest BCUT2D eigenvalue weighted by Crippen LogP contribution is 2.31. The fraction of sp³-hybridized carbons (Fsp3) is 0.429. The summed E-state index contributed by atoms with van der Waals surface area (Å²) < 4.78 is 28.7. The summed E-state index contributed by atoms with van der Waals surface area (Å²) in [6.07, 6.45) is 1.87. The fourth-order valence-electron chi connectivity index (χ4n) is 2.39. The molecule has 0 N–H and O–H groups in total. The third-order valence-electron chi connectivity index (χ3n) is 3.54. The molecule has 2 aliphatic rings. The number of urea groups is 1. The summed E-state index contributed by atoms with van der Waals surface area (Å²) in [5.41, 5.74) is 0.576. The van der Waals surface area contributed by atoms with E-state index in [0.717, 1.165) is 17.7 Å². The summed E-state index contributed by atoms with van der Waals surface area (Å²) in [5, 5.41) is 0. The van der Waals surface area contributed by atoms with Crippen molar-refractivity contribution in [1.29, 1.82) is 0 Å². The van der Waals surface area contributed by atoms with Gasteiger partial charge in [-0.1, -0.05) is 12.1 Å². The zero-order valence-electron chi connectivity index (χ0n) is 11.2. The third-order valence-corrected chi connectivity index (χ3v) is 3.54. The number of nitrogens with zero attached hydrogens (tertiary/aromatic N) is 2. The molecule has 112 valence electrons. The summed E-state index contributed by atoms with van der Waals surface area (Å²) in [6, 6.07) is 5.91. The predicted octanol–water partition coefficient (Wildman–Crippen LogP) is 2.21. The maximum Gasteiger partial charge on any atom is 0.387 e. The Labute approximate surface area is 120 Å². The molecule has 0 bridgehead atoms. The van der Waals surface area contributed by atoms with Gasteiger partial charge in [-0.15, -0.1) is 0 Å². The Morgan fingerprint density at radius 2 is 2.05 bits per heavy atom. The van der Waals surface area contributed by atoms with Crippen molar-refractivity contribution in [2.45, 2.75) is 32.0 Å². The maximum atomic E-state index is 12.2. The van der Waals surface area contributed by atoms with E-state index in [4.69, 9.17) is 0 Å². The minimum Gasteiger partial charge on any atom is -0.435 e. The summed E-state index contributed by atoms with van der Waals surface area (Å²) in [6.45, 7) is -2.72. The van der Waals surface area contributed by atoms with Crippen LogP contribution in [0.1, 0.15) is 18.4 Å². The Balaban J connectivity index is 1.71. The van der Waals surface area contributed by atoms with Crippen molar-refractivity contribution in [2.75, 3.05) is 6.54 Å². The van der Waals surface area contributed by atoms with Gasteiger partial charge in [0.25, 0.3) is 5.91 Å². The van der Waals surface area contributed by atoms with Gasteiger partial charge in [0, 0.05) is 6.04 Å². The van der Waals surface area contributed by atoms with Gasteiger partial charge in [0.1, 0.15) is 12.3 Å². The highest BCUT2D eigenvalue weighted by molar-refractivity contribution is 6.02. The van der Waals surface area contributed by atoms with E-state index in [0.29, 0.717) is 5.56 Å². The lowest BCUT2D eigenvalue weighted by atomic mass is 10.2. The lowest BCUT2D eigenvalue weighted by Crippen LogP contribution is -2.33. The number of halogens is 2. The van der Waals surface area contributed by atoms with E-state index in [1.807, 2.05) is 0 Å². The Morgan fingerprint density at radius 3 is 2.71 bits per heavy atom. The monoisotopic (exact) mass is 296 g/mol. The van der Waals surface area contributed by atoms with Crippen molar-refractivity contribution in [1.82, 2.24) is 9.80 Å². The van der Waals surface area contributed by atoms with Crippen LogP contribution in [0.15, 0.2) is 24.3 Å². The second-order valence-corrected chi connectivity index (χ2v) is 5.15. The number of alkyl halides is 2. The van der Waals surface area contributed by atoms with Crippen molar-refractivity contribution >= 4 is 11.9 Å². The van der Waals surface area contributed by atoms with Crippen LogP contribution in [0, 0.1) is 0 Å². The molecule has 1 heterocycles. The quantitative estimate of drug-likeness (QED) is 0.783. The number of hydrogen-bond donors (Lipinski definition) is 0. The average Bonchev–Trinajstić information content (AvgIpc) is 3.21. The van der Waals surface area contributed by atoms with E-state index in [1.165, 1.54) is 12.1 Å². The molecule has 0 aromatic heterocycles. The molecule has 0 spiro atoms. The molecule has 1 aromatic carbocycles. The smallest absolute Gasteiger partial charge is 0.387 e. The summed E-state index contributed by atoms with van der Waals surface area (Å²) in [4.78, 5) is 26.8. The van der Waals surface area contributed by atoms with Gasteiger partial charge in [-0.25, -0.2) is 4.79 Å². The Morgan fingerprint density at radius 1 is 1.29 bits per heavy atom. The maximum absolute atomic E-state index is 12.2. The van der Waals surface area contributed by atoms with Gasteiger partial charge in [-0.2, -0.15) is 8.78 Å². The summed E-state index contributed by atoms with van der Waals surface area (Å²) in [7, 11) is 0. The van der Waals surface area contributed by atoms with Gasteiger partial charge < -0.3 is 9.64 Å². The zero-order valence-corrected chi connectivity index (χ0v) is 11.2. The van der Waals surface area contributed by atoms with Crippen LogP contribution in [0.2, 0.25) is 0 Å². The van der Waals surface area contributed by atoms with Crippen molar-refractivity contribution in [3.8, 4) is 5.75 Å². The number of amides is 3. The first kappa shape index (κ1) is 13.8. The Kier molecular flexibility index (Phi) is 3.48. The van der Waals surface area contributed by atoms with E-state index < -0.39 is 6.61 Å². The Bertz CT molecular complexity index is 575. The molecule has 21 heavy (non-hydrogen) atoms. The second-order valence-electron chi connectivity index (χ2n) is 5.15. The number of carbonyl (C=O) groups excluding carboxylic acids is 2. The fourth-order valence-corrected chi connectivity index (χ4v) is 2.39. The van der Waals surface area contributed by atoms with Crippen molar-refractivity contribution < 1.29 is 23.1 Å². The molecule has 3 rings (SSSR count). The minimum atomic E-state index is -2.90. The van der Waals surface area contributed by atoms with Crippen LogP contribution in [-0.4, -0.2) is 40.9 Å². The number of imide groups is 1. The van der Waals surface area contributed by atoms with E-state index in [2.05, 4.69) is 4.74 Å². The Hall–Kier alpha value is -2.18. The van der Waals surface area contributed by atoms with Gasteiger partial charge >= 0.3 is 12.6 Å². The molecule has 1 saturated heterocycles. The normalized spacial score (nSPS) is 18.8. The molecule has 7 heteroatoms. The molecule has 0 unspecified atom stereocenters. The zero-order chi connectivity index (χ0) is 15.0. The standard InChI is InChI=1S/C14H14F2N2O3/c15-13(16)21-11-3-1-2-9(6-11)7-18-12(19)8-17(14(18)20)10-4-5-10/h1-3,6,10,13H,4-5,7-8H2. The molecule has 5 nitrogen and oxygen atoms in total. The molecule has 3 amide bonds. The number of ether oxygens (including phenoxy) is 1. The van der Waals surface area contributed by atoms with E-state index in [1.54, 1.807) is 17.0 Å². The van der Waals surface area contributed by atoms with E-state index >= 15 is 0 Å². The molecular formula is C14H14F2N2O3. The molecule has 1 aromatic rings. The van der Waals surface area contributed by atoms with E-state index in [-0.39, 0.29) is 36.8 Å². The molecule has 0 atom stereocenters. The number of benzene rings is 1. The first-order valence-corrected chi connectivity index (χ1v) is 6.69. The van der Waals surface area contributed by atoms with Crippen LogP contribution >= 0.6 is 0 Å². The third kappa shape index (κ3) is 2.96. The predicted molar refractivity (Wildman–Crippen MR) is 68.7 cm³/mol. The van der Waals surface area contributed by atoms with Gasteiger partial charge in [0.2, 0.25) is 0 Å². The average molecular weight is 296 g/mol. The van der Waals surface area contributed by atoms with Gasteiger partial charge in [0.05, 0.1) is 6.54 Å². The first-order chi connectivity index (χ1) is 10.0. The number of rotatable bonds is 5. The molecule has 1 aliphatic carbocycles. The van der Waals surface area contributed by atoms with Crippen molar-refractivity contribution in [2.24, 2.45) is 0 Å². The van der Waals surface area contributed by atoms with Gasteiger partial charge in [-0.05, 0) is 30.5 Å². The molecular weight excluding hydrogens is 282 g/mol. The summed E-state index contributed by atoms with van der Waals surface area (Å²) >= 11 is 0. The van der Waals surface area contributed by atoms with Crippen molar-refractivity contribution in [3.05, 3.63) is 29.8 Å². The molecule has 1 saturated carbocycles. The molecule has 1 aliphatic heterocycles. The molecule has 0 radical (unpaired) electrons. The van der Waals surface area contributed by atoms with Crippen LogP contribution in [0.5, 0.6) is 5.75 Å². The molecule has 2 fully saturated rings. The van der Waals surface area contributed by atoms with Gasteiger partial charge in [-0.3, -0.25) is 9.69 Å². The summed E-state index contributed by atoms with van der Waals surface area (Å²) in [5.74, 6) is -0.243. The van der Waals surface area contributed by atoms with Crippen LogP contribution in [0.4, 0.5) is 13.6 Å². The SMILES string of the molecule is O=C1CN(C2CC2)C(=O)N1Cc1cccc(OC(F)F)c1. The highest BCUT2D eigenvalue weighted by atomic mass is 19.3. The van der Waals surface area contributed by atoms with Crippen LogP contribution < -0.4 is 4.74 Å². The van der Waals surface area contributed by atoms with Crippen molar-refractivity contribution in [3.63, 3.8) is 0 Å².